The normalized spacial score (nSPS) is 24.0. The highest BCUT2D eigenvalue weighted by atomic mass is 32.1. The zero-order valence-electron chi connectivity index (χ0n) is 15.8. The summed E-state index contributed by atoms with van der Waals surface area (Å²) in [5.41, 5.74) is 2.15. The number of aryl methyl sites for hydroxylation is 2. The summed E-state index contributed by atoms with van der Waals surface area (Å²) in [6, 6.07) is 9.42. The van der Waals surface area contributed by atoms with Crippen LogP contribution in [-0.4, -0.2) is 24.0 Å². The fourth-order valence-electron chi connectivity index (χ4n) is 3.84. The molecule has 4 rings (SSSR count). The first-order valence-electron chi connectivity index (χ1n) is 9.40. The summed E-state index contributed by atoms with van der Waals surface area (Å²) < 4.78 is 17.2. The number of carbonyl (C=O) groups is 2. The Balaban J connectivity index is 1.40. The number of Topliss-reactive ketones (excluding diaryl/α,β-unsaturated/α-hetero) is 1. The number of rotatable bonds is 4. The van der Waals surface area contributed by atoms with Crippen LogP contribution in [0.3, 0.4) is 0 Å². The van der Waals surface area contributed by atoms with Gasteiger partial charge in [0.05, 0.1) is 5.92 Å². The van der Waals surface area contributed by atoms with E-state index in [1.165, 1.54) is 17.6 Å². The molecule has 1 aliphatic heterocycles. The highest BCUT2D eigenvalue weighted by molar-refractivity contribution is 7.11. The average molecular weight is 398 g/mol. The average Bonchev–Trinajstić information content (AvgIpc) is 3.18. The molecule has 0 bridgehead atoms. The Kier molecular flexibility index (Phi) is 5.22. The van der Waals surface area contributed by atoms with Gasteiger partial charge in [0.2, 0.25) is 11.5 Å². The van der Waals surface area contributed by atoms with Crippen molar-refractivity contribution in [3.63, 3.8) is 0 Å². The van der Waals surface area contributed by atoms with Crippen LogP contribution in [0.5, 0.6) is 5.75 Å². The first-order chi connectivity index (χ1) is 13.5. The summed E-state index contributed by atoms with van der Waals surface area (Å²) >= 11 is 1.36. The number of ether oxygens (including phenoxy) is 3. The molecule has 6 heteroatoms. The van der Waals surface area contributed by atoms with Crippen LogP contribution in [0.15, 0.2) is 47.7 Å². The molecule has 0 saturated heterocycles. The van der Waals surface area contributed by atoms with E-state index in [1.54, 1.807) is 6.07 Å². The smallest absolute Gasteiger partial charge is 0.348 e. The Morgan fingerprint density at radius 3 is 2.68 bits per heavy atom. The predicted octanol–water partition coefficient (Wildman–Crippen LogP) is 4.58. The molecule has 2 aliphatic rings. The Bertz CT molecular complexity index is 895. The first kappa shape index (κ1) is 18.7. The second kappa shape index (κ2) is 7.80. The van der Waals surface area contributed by atoms with Crippen molar-refractivity contribution in [2.45, 2.75) is 45.3 Å². The van der Waals surface area contributed by atoms with E-state index in [9.17, 15) is 9.59 Å². The number of carbonyl (C=O) groups excluding carboxylic acids is 2. The molecule has 28 heavy (non-hydrogen) atoms. The fourth-order valence-corrected chi connectivity index (χ4v) is 4.44. The van der Waals surface area contributed by atoms with Gasteiger partial charge in [-0.3, -0.25) is 4.79 Å². The van der Waals surface area contributed by atoms with E-state index in [4.69, 9.17) is 14.2 Å². The number of hydrogen-bond acceptors (Lipinski definition) is 6. The summed E-state index contributed by atoms with van der Waals surface area (Å²) in [4.78, 5) is 25.6. The number of benzene rings is 1. The third-order valence-corrected chi connectivity index (χ3v) is 5.94. The molecule has 1 fully saturated rings. The molecule has 3 unspecified atom stereocenters. The maximum Gasteiger partial charge on any atom is 0.348 e. The lowest BCUT2D eigenvalue weighted by molar-refractivity contribution is -0.132. The van der Waals surface area contributed by atoms with Gasteiger partial charge in [-0.1, -0.05) is 12.1 Å². The maximum absolute atomic E-state index is 12.9. The van der Waals surface area contributed by atoms with Crippen LogP contribution in [0, 0.1) is 19.8 Å². The third kappa shape index (κ3) is 3.97. The number of esters is 1. The lowest BCUT2D eigenvalue weighted by Gasteiger charge is -2.36. The zero-order valence-corrected chi connectivity index (χ0v) is 16.7. The van der Waals surface area contributed by atoms with Gasteiger partial charge in [-0.25, -0.2) is 4.79 Å². The van der Waals surface area contributed by atoms with Crippen LogP contribution in [0.25, 0.3) is 0 Å². The van der Waals surface area contributed by atoms with Crippen molar-refractivity contribution in [3.8, 4) is 5.75 Å². The zero-order chi connectivity index (χ0) is 19.7. The third-order valence-electron chi connectivity index (χ3n) is 5.09. The van der Waals surface area contributed by atoms with E-state index in [0.29, 0.717) is 29.9 Å². The summed E-state index contributed by atoms with van der Waals surface area (Å²) in [7, 11) is 0. The highest BCUT2D eigenvalue weighted by Gasteiger charge is 2.42. The molecule has 1 aromatic carbocycles. The molecule has 0 N–H and O–H groups in total. The topological polar surface area (TPSA) is 61.8 Å². The van der Waals surface area contributed by atoms with Crippen molar-refractivity contribution < 1.29 is 23.8 Å². The van der Waals surface area contributed by atoms with E-state index in [1.807, 2.05) is 37.4 Å². The van der Waals surface area contributed by atoms with Gasteiger partial charge in [-0.15, -0.1) is 11.3 Å². The molecule has 1 saturated carbocycles. The molecule has 0 amide bonds. The van der Waals surface area contributed by atoms with Crippen molar-refractivity contribution in [1.29, 1.82) is 0 Å². The minimum absolute atomic E-state index is 0.0431. The Hall–Kier alpha value is -2.60. The summed E-state index contributed by atoms with van der Waals surface area (Å²) in [6.07, 6.45) is 2.66. The van der Waals surface area contributed by atoms with Gasteiger partial charge in [0, 0.05) is 6.42 Å². The highest BCUT2D eigenvalue weighted by Crippen LogP contribution is 2.35. The molecule has 0 spiro atoms. The van der Waals surface area contributed by atoms with Gasteiger partial charge < -0.3 is 14.2 Å². The molecule has 5 nitrogen and oxygen atoms in total. The largest absolute Gasteiger partial charge is 0.493 e. The quantitative estimate of drug-likeness (QED) is 0.706. The SMILES string of the molecule is Cc1cc(C)cc(OC2=COC3CC(OC(=O)c4cccs4)CCC3C2=O)c1. The second-order valence-electron chi connectivity index (χ2n) is 7.37. The first-order valence-corrected chi connectivity index (χ1v) is 10.3. The summed E-state index contributed by atoms with van der Waals surface area (Å²) in [5, 5.41) is 1.85. The number of allylic oxidation sites excluding steroid dienone is 1. The van der Waals surface area contributed by atoms with Crippen LogP contribution in [0.1, 0.15) is 40.1 Å². The molecule has 0 radical (unpaired) electrons. The Labute approximate surface area is 167 Å². The van der Waals surface area contributed by atoms with Gasteiger partial charge in [0.1, 0.15) is 29.1 Å². The standard InChI is InChI=1S/C22H22O5S/c1-13-8-14(2)10-16(9-13)26-19-12-25-18-11-15(5-6-17(18)21(19)23)27-22(24)20-4-3-7-28-20/h3-4,7-10,12,15,17-18H,5-6,11H2,1-2H3. The number of ketones is 1. The van der Waals surface area contributed by atoms with E-state index < -0.39 is 0 Å². The summed E-state index contributed by atoms with van der Waals surface area (Å²) in [5.74, 6) is 0.258. The maximum atomic E-state index is 12.9. The molecular weight excluding hydrogens is 376 g/mol. The predicted molar refractivity (Wildman–Crippen MR) is 105 cm³/mol. The van der Waals surface area contributed by atoms with Crippen molar-refractivity contribution in [1.82, 2.24) is 0 Å². The van der Waals surface area contributed by atoms with Gasteiger partial charge >= 0.3 is 5.97 Å². The number of fused-ring (bicyclic) bond motifs is 1. The minimum atomic E-state index is -0.310. The van der Waals surface area contributed by atoms with E-state index >= 15 is 0 Å². The Morgan fingerprint density at radius 2 is 1.96 bits per heavy atom. The minimum Gasteiger partial charge on any atom is -0.493 e. The molecule has 1 aromatic heterocycles. The lowest BCUT2D eigenvalue weighted by Crippen LogP contribution is -2.43. The molecule has 146 valence electrons. The molecule has 3 atom stereocenters. The van der Waals surface area contributed by atoms with Crippen LogP contribution in [0.4, 0.5) is 0 Å². The van der Waals surface area contributed by atoms with Crippen molar-refractivity contribution in [2.75, 3.05) is 0 Å². The molecule has 2 aromatic rings. The summed E-state index contributed by atoms with van der Waals surface area (Å²) in [6.45, 7) is 3.98. The van der Waals surface area contributed by atoms with Crippen LogP contribution in [0.2, 0.25) is 0 Å². The monoisotopic (exact) mass is 398 g/mol. The number of hydrogen-bond donors (Lipinski definition) is 0. The molecule has 1 aliphatic carbocycles. The van der Waals surface area contributed by atoms with Crippen LogP contribution >= 0.6 is 11.3 Å². The van der Waals surface area contributed by atoms with Gasteiger partial charge in [-0.2, -0.15) is 0 Å². The number of thiophene rings is 1. The van der Waals surface area contributed by atoms with Crippen LogP contribution < -0.4 is 4.74 Å². The van der Waals surface area contributed by atoms with E-state index in [2.05, 4.69) is 6.07 Å². The van der Waals surface area contributed by atoms with Gasteiger partial charge in [0.25, 0.3) is 0 Å². The van der Waals surface area contributed by atoms with E-state index in [-0.39, 0.29) is 35.6 Å². The Morgan fingerprint density at radius 1 is 1.18 bits per heavy atom. The van der Waals surface area contributed by atoms with Crippen molar-refractivity contribution in [3.05, 3.63) is 63.7 Å². The fraction of sp³-hybridized carbons (Fsp3) is 0.364. The van der Waals surface area contributed by atoms with Gasteiger partial charge in [-0.05, 0) is 61.4 Å². The van der Waals surface area contributed by atoms with E-state index in [0.717, 1.165) is 11.1 Å². The van der Waals surface area contributed by atoms with Crippen LogP contribution in [-0.2, 0) is 14.3 Å². The lowest BCUT2D eigenvalue weighted by atomic mass is 9.80. The van der Waals surface area contributed by atoms with Crippen molar-refractivity contribution >= 4 is 23.1 Å². The van der Waals surface area contributed by atoms with Gasteiger partial charge in [0.15, 0.2) is 0 Å². The second-order valence-corrected chi connectivity index (χ2v) is 8.32. The molecule has 2 heterocycles. The van der Waals surface area contributed by atoms with Crippen molar-refractivity contribution in [2.24, 2.45) is 5.92 Å². The molecular formula is C22H22O5S.